The molecular formula is C15H22N2O2. The fourth-order valence-corrected chi connectivity index (χ4v) is 2.57. The van der Waals surface area contributed by atoms with Gasteiger partial charge in [-0.05, 0) is 24.9 Å². The molecule has 1 aliphatic heterocycles. The SMILES string of the molecule is COc1ccccc1CN(C)C(=O)C1NCCC1C. The highest BCUT2D eigenvalue weighted by Gasteiger charge is 2.31. The molecule has 1 saturated heterocycles. The molecule has 0 bridgehead atoms. The van der Waals surface area contributed by atoms with E-state index in [4.69, 9.17) is 4.74 Å². The first-order valence-electron chi connectivity index (χ1n) is 6.73. The Labute approximate surface area is 114 Å². The second kappa shape index (κ2) is 6.06. The first-order valence-corrected chi connectivity index (χ1v) is 6.73. The molecule has 1 amide bonds. The van der Waals surface area contributed by atoms with Crippen molar-refractivity contribution in [2.75, 3.05) is 20.7 Å². The number of likely N-dealkylation sites (N-methyl/N-ethyl adjacent to an activating group) is 1. The van der Waals surface area contributed by atoms with Gasteiger partial charge in [0.25, 0.3) is 0 Å². The molecule has 4 heteroatoms. The Balaban J connectivity index is 2.04. The van der Waals surface area contributed by atoms with Gasteiger partial charge in [-0.2, -0.15) is 0 Å². The third-order valence-electron chi connectivity index (χ3n) is 3.78. The zero-order chi connectivity index (χ0) is 13.8. The maximum atomic E-state index is 12.4. The van der Waals surface area contributed by atoms with Gasteiger partial charge in [0.1, 0.15) is 5.75 Å². The molecule has 19 heavy (non-hydrogen) atoms. The zero-order valence-electron chi connectivity index (χ0n) is 11.8. The summed E-state index contributed by atoms with van der Waals surface area (Å²) in [5.74, 6) is 1.40. The van der Waals surface area contributed by atoms with Crippen molar-refractivity contribution in [3.05, 3.63) is 29.8 Å². The van der Waals surface area contributed by atoms with Crippen LogP contribution in [-0.2, 0) is 11.3 Å². The maximum absolute atomic E-state index is 12.4. The summed E-state index contributed by atoms with van der Waals surface area (Å²) in [5, 5.41) is 3.28. The van der Waals surface area contributed by atoms with Crippen LogP contribution in [0.2, 0.25) is 0 Å². The second-order valence-corrected chi connectivity index (χ2v) is 5.20. The van der Waals surface area contributed by atoms with Crippen LogP contribution in [0.1, 0.15) is 18.9 Å². The van der Waals surface area contributed by atoms with Crippen molar-refractivity contribution in [3.8, 4) is 5.75 Å². The van der Waals surface area contributed by atoms with Gasteiger partial charge < -0.3 is 15.0 Å². The monoisotopic (exact) mass is 262 g/mol. The number of ether oxygens (including phenoxy) is 1. The van der Waals surface area contributed by atoms with Crippen molar-refractivity contribution in [2.45, 2.75) is 25.9 Å². The number of nitrogens with zero attached hydrogens (tertiary/aromatic N) is 1. The topological polar surface area (TPSA) is 41.6 Å². The molecule has 4 nitrogen and oxygen atoms in total. The van der Waals surface area contributed by atoms with Crippen LogP contribution in [0.3, 0.4) is 0 Å². The van der Waals surface area contributed by atoms with E-state index in [1.54, 1.807) is 12.0 Å². The number of nitrogens with one attached hydrogen (secondary N) is 1. The summed E-state index contributed by atoms with van der Waals surface area (Å²) >= 11 is 0. The first-order chi connectivity index (χ1) is 9.13. The van der Waals surface area contributed by atoms with Crippen LogP contribution in [0.5, 0.6) is 5.75 Å². The Morgan fingerprint density at radius 2 is 2.21 bits per heavy atom. The summed E-state index contributed by atoms with van der Waals surface area (Å²) < 4.78 is 5.32. The van der Waals surface area contributed by atoms with E-state index in [9.17, 15) is 4.79 Å². The molecule has 1 aromatic carbocycles. The van der Waals surface area contributed by atoms with Crippen molar-refractivity contribution >= 4 is 5.91 Å². The molecule has 0 aliphatic carbocycles. The van der Waals surface area contributed by atoms with Gasteiger partial charge in [0.15, 0.2) is 0 Å². The lowest BCUT2D eigenvalue weighted by Crippen LogP contribution is -2.43. The minimum Gasteiger partial charge on any atom is -0.496 e. The summed E-state index contributed by atoms with van der Waals surface area (Å²) in [5.41, 5.74) is 1.03. The number of carbonyl (C=O) groups is 1. The molecule has 2 unspecified atom stereocenters. The molecule has 1 aromatic rings. The number of hydrogen-bond donors (Lipinski definition) is 1. The van der Waals surface area contributed by atoms with Crippen LogP contribution in [-0.4, -0.2) is 37.6 Å². The fraction of sp³-hybridized carbons (Fsp3) is 0.533. The lowest BCUT2D eigenvalue weighted by atomic mass is 10.0. The predicted molar refractivity (Wildman–Crippen MR) is 75.0 cm³/mol. The molecule has 0 aromatic heterocycles. The predicted octanol–water partition coefficient (Wildman–Crippen LogP) is 1.65. The maximum Gasteiger partial charge on any atom is 0.240 e. The highest BCUT2D eigenvalue weighted by Crippen LogP contribution is 2.21. The van der Waals surface area contributed by atoms with E-state index in [-0.39, 0.29) is 11.9 Å². The minimum atomic E-state index is -0.0419. The average molecular weight is 262 g/mol. The molecule has 0 spiro atoms. The van der Waals surface area contributed by atoms with Crippen molar-refractivity contribution in [1.82, 2.24) is 10.2 Å². The molecule has 0 saturated carbocycles. The molecule has 2 atom stereocenters. The molecule has 2 rings (SSSR count). The summed E-state index contributed by atoms with van der Waals surface area (Å²) in [7, 11) is 3.50. The van der Waals surface area contributed by atoms with Crippen molar-refractivity contribution in [2.24, 2.45) is 5.92 Å². The van der Waals surface area contributed by atoms with E-state index >= 15 is 0 Å². The number of methoxy groups -OCH3 is 1. The van der Waals surface area contributed by atoms with Gasteiger partial charge in [-0.25, -0.2) is 0 Å². The molecule has 1 fully saturated rings. The van der Waals surface area contributed by atoms with Gasteiger partial charge in [0.2, 0.25) is 5.91 Å². The van der Waals surface area contributed by atoms with Crippen LogP contribution in [0.25, 0.3) is 0 Å². The summed E-state index contributed by atoms with van der Waals surface area (Å²) in [6.07, 6.45) is 1.07. The van der Waals surface area contributed by atoms with Gasteiger partial charge in [-0.1, -0.05) is 25.1 Å². The molecule has 1 N–H and O–H groups in total. The van der Waals surface area contributed by atoms with Gasteiger partial charge in [0.05, 0.1) is 13.2 Å². The lowest BCUT2D eigenvalue weighted by Gasteiger charge is -2.24. The van der Waals surface area contributed by atoms with E-state index in [2.05, 4.69) is 12.2 Å². The third kappa shape index (κ3) is 3.07. The Kier molecular flexibility index (Phi) is 4.43. The van der Waals surface area contributed by atoms with Crippen LogP contribution >= 0.6 is 0 Å². The largest absolute Gasteiger partial charge is 0.496 e. The quantitative estimate of drug-likeness (QED) is 0.897. The van der Waals surface area contributed by atoms with E-state index in [0.717, 1.165) is 24.3 Å². The Bertz CT molecular complexity index is 448. The molecule has 1 heterocycles. The van der Waals surface area contributed by atoms with Crippen LogP contribution in [0.4, 0.5) is 0 Å². The van der Waals surface area contributed by atoms with Crippen LogP contribution in [0, 0.1) is 5.92 Å². The third-order valence-corrected chi connectivity index (χ3v) is 3.78. The van der Waals surface area contributed by atoms with E-state index in [1.807, 2.05) is 31.3 Å². The highest BCUT2D eigenvalue weighted by atomic mass is 16.5. The summed E-state index contributed by atoms with van der Waals surface area (Å²) in [6, 6.07) is 7.77. The number of rotatable bonds is 4. The Hall–Kier alpha value is -1.55. The summed E-state index contributed by atoms with van der Waals surface area (Å²) in [4.78, 5) is 14.2. The van der Waals surface area contributed by atoms with Gasteiger partial charge >= 0.3 is 0 Å². The molecule has 104 valence electrons. The smallest absolute Gasteiger partial charge is 0.240 e. The number of carbonyl (C=O) groups excluding carboxylic acids is 1. The van der Waals surface area contributed by atoms with Gasteiger partial charge in [0, 0.05) is 19.2 Å². The number of para-hydroxylation sites is 1. The minimum absolute atomic E-state index is 0.0419. The average Bonchev–Trinajstić information content (AvgIpc) is 2.84. The zero-order valence-corrected chi connectivity index (χ0v) is 11.8. The standard InChI is InChI=1S/C15H22N2O2/c1-11-8-9-16-14(11)15(18)17(2)10-12-6-4-5-7-13(12)19-3/h4-7,11,14,16H,8-10H2,1-3H3. The van der Waals surface area contributed by atoms with Crippen molar-refractivity contribution in [1.29, 1.82) is 0 Å². The Morgan fingerprint density at radius 3 is 2.84 bits per heavy atom. The Morgan fingerprint density at radius 1 is 1.47 bits per heavy atom. The second-order valence-electron chi connectivity index (χ2n) is 5.20. The molecule has 0 radical (unpaired) electrons. The van der Waals surface area contributed by atoms with Crippen molar-refractivity contribution < 1.29 is 9.53 Å². The summed E-state index contributed by atoms with van der Waals surface area (Å²) in [6.45, 7) is 3.63. The fourth-order valence-electron chi connectivity index (χ4n) is 2.57. The normalized spacial score (nSPS) is 22.3. The lowest BCUT2D eigenvalue weighted by molar-refractivity contribution is -0.133. The molecular weight excluding hydrogens is 240 g/mol. The van der Waals surface area contributed by atoms with E-state index in [0.29, 0.717) is 12.5 Å². The number of amides is 1. The first kappa shape index (κ1) is 13.9. The highest BCUT2D eigenvalue weighted by molar-refractivity contribution is 5.82. The van der Waals surface area contributed by atoms with E-state index < -0.39 is 0 Å². The van der Waals surface area contributed by atoms with Crippen molar-refractivity contribution in [3.63, 3.8) is 0 Å². The molecule has 1 aliphatic rings. The number of hydrogen-bond acceptors (Lipinski definition) is 3. The number of benzene rings is 1. The van der Waals surface area contributed by atoms with E-state index in [1.165, 1.54) is 0 Å². The van der Waals surface area contributed by atoms with Crippen LogP contribution in [0.15, 0.2) is 24.3 Å². The van der Waals surface area contributed by atoms with Crippen LogP contribution < -0.4 is 10.1 Å². The van der Waals surface area contributed by atoms with Gasteiger partial charge in [-0.3, -0.25) is 4.79 Å². The van der Waals surface area contributed by atoms with Gasteiger partial charge in [-0.15, -0.1) is 0 Å².